The number of benzene rings is 1. The van der Waals surface area contributed by atoms with Gasteiger partial charge in [-0.2, -0.15) is 0 Å². The van der Waals surface area contributed by atoms with Gasteiger partial charge in [0.2, 0.25) is 5.91 Å². The Bertz CT molecular complexity index is 408. The maximum Gasteiger partial charge on any atom is 0.228 e. The second-order valence-corrected chi connectivity index (χ2v) is 5.27. The van der Waals surface area contributed by atoms with Gasteiger partial charge in [-0.3, -0.25) is 4.79 Å². The molecule has 0 bridgehead atoms. The molecule has 4 heteroatoms. The van der Waals surface area contributed by atoms with Gasteiger partial charge in [-0.1, -0.05) is 22.0 Å². The van der Waals surface area contributed by atoms with Crippen LogP contribution in [0, 0.1) is 6.92 Å². The van der Waals surface area contributed by atoms with Gasteiger partial charge in [0, 0.05) is 23.1 Å². The molecule has 1 fully saturated rings. The average molecular weight is 289 g/mol. The molecule has 0 aliphatic carbocycles. The van der Waals surface area contributed by atoms with Crippen molar-refractivity contribution in [2.75, 3.05) is 11.4 Å². The van der Waals surface area contributed by atoms with Crippen LogP contribution >= 0.6 is 27.5 Å². The Morgan fingerprint density at radius 3 is 2.87 bits per heavy atom. The molecule has 1 saturated heterocycles. The molecular weight excluding hydrogens is 277 g/mol. The smallest absolute Gasteiger partial charge is 0.228 e. The average Bonchev–Trinajstić information content (AvgIpc) is 2.50. The zero-order chi connectivity index (χ0) is 11.0. The van der Waals surface area contributed by atoms with Crippen LogP contribution in [0.3, 0.4) is 0 Å². The van der Waals surface area contributed by atoms with Crippen LogP contribution in [-0.2, 0) is 4.79 Å². The summed E-state index contributed by atoms with van der Waals surface area (Å²) in [6.07, 6.45) is 0.438. The fraction of sp³-hybridized carbons (Fsp3) is 0.364. The highest BCUT2D eigenvalue weighted by atomic mass is 79.9. The SMILES string of the molecule is Cc1ccc(Br)cc1N1CC(Cl)CC1=O. The number of carbonyl (C=O) groups is 1. The Hall–Kier alpha value is -0.540. The van der Waals surface area contributed by atoms with Gasteiger partial charge in [0.15, 0.2) is 0 Å². The molecule has 0 N–H and O–H groups in total. The molecule has 1 amide bonds. The lowest BCUT2D eigenvalue weighted by molar-refractivity contribution is -0.117. The second-order valence-electron chi connectivity index (χ2n) is 3.74. The first kappa shape index (κ1) is 11.0. The minimum atomic E-state index is -0.0594. The van der Waals surface area contributed by atoms with E-state index < -0.39 is 0 Å². The minimum absolute atomic E-state index is 0.0594. The number of hydrogen-bond acceptors (Lipinski definition) is 1. The number of nitrogens with zero attached hydrogens (tertiary/aromatic N) is 1. The Kier molecular flexibility index (Phi) is 3.03. The summed E-state index contributed by atoms with van der Waals surface area (Å²) in [6, 6.07) is 5.92. The minimum Gasteiger partial charge on any atom is -0.311 e. The Labute approximate surface area is 102 Å². The summed E-state index contributed by atoms with van der Waals surface area (Å²) >= 11 is 9.38. The molecule has 80 valence electrons. The van der Waals surface area contributed by atoms with E-state index in [-0.39, 0.29) is 11.3 Å². The van der Waals surface area contributed by atoms with Gasteiger partial charge in [0.25, 0.3) is 0 Å². The number of anilines is 1. The van der Waals surface area contributed by atoms with Crippen molar-refractivity contribution in [3.05, 3.63) is 28.2 Å². The van der Waals surface area contributed by atoms with Crippen LogP contribution in [-0.4, -0.2) is 17.8 Å². The molecule has 1 aliphatic heterocycles. The second kappa shape index (κ2) is 4.14. The van der Waals surface area contributed by atoms with E-state index in [1.165, 1.54) is 0 Å². The molecule has 1 aliphatic rings. The molecule has 0 radical (unpaired) electrons. The number of halogens is 2. The molecular formula is C11H11BrClNO. The molecule has 1 unspecified atom stereocenters. The van der Waals surface area contributed by atoms with E-state index in [1.54, 1.807) is 4.90 Å². The van der Waals surface area contributed by atoms with E-state index in [0.717, 1.165) is 15.7 Å². The summed E-state index contributed by atoms with van der Waals surface area (Å²) in [6.45, 7) is 2.61. The summed E-state index contributed by atoms with van der Waals surface area (Å²) in [5.41, 5.74) is 2.05. The molecule has 0 spiro atoms. The number of amides is 1. The highest BCUT2D eigenvalue weighted by molar-refractivity contribution is 9.10. The summed E-state index contributed by atoms with van der Waals surface area (Å²) in [7, 11) is 0. The third-order valence-corrected chi connectivity index (χ3v) is 3.33. The van der Waals surface area contributed by atoms with Crippen LogP contribution in [0.25, 0.3) is 0 Å². The van der Waals surface area contributed by atoms with Crippen molar-refractivity contribution in [1.29, 1.82) is 0 Å². The molecule has 2 rings (SSSR count). The van der Waals surface area contributed by atoms with Crippen molar-refractivity contribution >= 4 is 39.1 Å². The molecule has 1 atom stereocenters. The van der Waals surface area contributed by atoms with Gasteiger partial charge < -0.3 is 4.90 Å². The van der Waals surface area contributed by atoms with Crippen LogP contribution in [0.4, 0.5) is 5.69 Å². The predicted octanol–water partition coefficient (Wildman–Crippen LogP) is 3.10. The van der Waals surface area contributed by atoms with Crippen molar-refractivity contribution in [1.82, 2.24) is 0 Å². The van der Waals surface area contributed by atoms with Crippen molar-refractivity contribution in [3.63, 3.8) is 0 Å². The number of aryl methyl sites for hydroxylation is 1. The maximum atomic E-state index is 11.7. The fourth-order valence-electron chi connectivity index (χ4n) is 1.77. The maximum absolute atomic E-state index is 11.7. The van der Waals surface area contributed by atoms with Gasteiger partial charge in [0.1, 0.15) is 0 Å². The van der Waals surface area contributed by atoms with Gasteiger partial charge in [-0.05, 0) is 24.6 Å². The summed E-state index contributed by atoms with van der Waals surface area (Å²) in [4.78, 5) is 13.4. The van der Waals surface area contributed by atoms with E-state index in [0.29, 0.717) is 13.0 Å². The quantitative estimate of drug-likeness (QED) is 0.727. The van der Waals surface area contributed by atoms with Gasteiger partial charge in [-0.25, -0.2) is 0 Å². The van der Waals surface area contributed by atoms with E-state index in [1.807, 2.05) is 25.1 Å². The Balaban J connectivity index is 2.37. The van der Waals surface area contributed by atoms with Crippen LogP contribution in [0.1, 0.15) is 12.0 Å². The number of alkyl halides is 1. The molecule has 15 heavy (non-hydrogen) atoms. The number of carbonyl (C=O) groups excluding carboxylic acids is 1. The topological polar surface area (TPSA) is 20.3 Å². The molecule has 0 saturated carbocycles. The lowest BCUT2D eigenvalue weighted by Crippen LogP contribution is -2.25. The van der Waals surface area contributed by atoms with Gasteiger partial charge in [-0.15, -0.1) is 11.6 Å². The molecule has 0 aromatic heterocycles. The van der Waals surface area contributed by atoms with Crippen LogP contribution < -0.4 is 4.90 Å². The highest BCUT2D eigenvalue weighted by Crippen LogP contribution is 2.29. The summed E-state index contributed by atoms with van der Waals surface area (Å²) in [5, 5.41) is -0.0594. The van der Waals surface area contributed by atoms with E-state index >= 15 is 0 Å². The lowest BCUT2D eigenvalue weighted by atomic mass is 10.2. The number of hydrogen-bond donors (Lipinski definition) is 0. The third-order valence-electron chi connectivity index (χ3n) is 2.54. The van der Waals surface area contributed by atoms with Gasteiger partial charge >= 0.3 is 0 Å². The van der Waals surface area contributed by atoms with Gasteiger partial charge in [0.05, 0.1) is 5.38 Å². The van der Waals surface area contributed by atoms with E-state index in [4.69, 9.17) is 11.6 Å². The monoisotopic (exact) mass is 287 g/mol. The molecule has 1 heterocycles. The summed E-state index contributed by atoms with van der Waals surface area (Å²) < 4.78 is 0.980. The first-order chi connectivity index (χ1) is 7.08. The zero-order valence-corrected chi connectivity index (χ0v) is 10.7. The highest BCUT2D eigenvalue weighted by Gasteiger charge is 2.29. The lowest BCUT2D eigenvalue weighted by Gasteiger charge is -2.18. The van der Waals surface area contributed by atoms with Crippen LogP contribution in [0.2, 0.25) is 0 Å². The van der Waals surface area contributed by atoms with E-state index in [9.17, 15) is 4.79 Å². The zero-order valence-electron chi connectivity index (χ0n) is 8.34. The Morgan fingerprint density at radius 2 is 2.27 bits per heavy atom. The fourth-order valence-corrected chi connectivity index (χ4v) is 2.39. The van der Waals surface area contributed by atoms with E-state index in [2.05, 4.69) is 15.9 Å². The summed E-state index contributed by atoms with van der Waals surface area (Å²) in [5.74, 6) is 0.108. The van der Waals surface area contributed by atoms with Crippen molar-refractivity contribution in [3.8, 4) is 0 Å². The van der Waals surface area contributed by atoms with Crippen LogP contribution in [0.15, 0.2) is 22.7 Å². The van der Waals surface area contributed by atoms with Crippen LogP contribution in [0.5, 0.6) is 0 Å². The van der Waals surface area contributed by atoms with Crippen molar-refractivity contribution < 1.29 is 4.79 Å². The first-order valence-corrected chi connectivity index (χ1v) is 6.01. The largest absolute Gasteiger partial charge is 0.311 e. The molecule has 1 aromatic carbocycles. The molecule has 2 nitrogen and oxygen atoms in total. The van der Waals surface area contributed by atoms with Crippen molar-refractivity contribution in [2.45, 2.75) is 18.7 Å². The first-order valence-electron chi connectivity index (χ1n) is 4.78. The normalized spacial score (nSPS) is 21.1. The third kappa shape index (κ3) is 2.18. The predicted molar refractivity (Wildman–Crippen MR) is 65.5 cm³/mol. The standard InChI is InChI=1S/C11H11BrClNO/c1-7-2-3-8(12)4-10(7)14-6-9(13)5-11(14)15/h2-4,9H,5-6H2,1H3. The Morgan fingerprint density at radius 1 is 1.53 bits per heavy atom. The number of rotatable bonds is 1. The molecule has 1 aromatic rings. The van der Waals surface area contributed by atoms with Crippen molar-refractivity contribution in [2.24, 2.45) is 0 Å².